The predicted molar refractivity (Wildman–Crippen MR) is 99.5 cm³/mol. The minimum absolute atomic E-state index is 0.217. The summed E-state index contributed by atoms with van der Waals surface area (Å²) in [6.45, 7) is 4.33. The summed E-state index contributed by atoms with van der Waals surface area (Å²) in [6, 6.07) is 13.3. The quantitative estimate of drug-likeness (QED) is 0.796. The molecule has 25 heavy (non-hydrogen) atoms. The van der Waals surface area contributed by atoms with E-state index in [2.05, 4.69) is 10.6 Å². The first-order valence-electron chi connectivity index (χ1n) is 8.32. The van der Waals surface area contributed by atoms with Gasteiger partial charge in [-0.05, 0) is 49.9 Å². The Bertz CT molecular complexity index is 811. The molecule has 0 heterocycles. The standard InChI is InChI=1S/C20H21ClN2O2/c1-13-3-6-15(7-4-13)12-22-18(24)20(9-10-20)19(25)23-17-11-16(21)8-5-14(17)2/h3-8,11H,9-10,12H2,1-2H3,(H,22,24)(H,23,25). The molecule has 1 aliphatic rings. The lowest BCUT2D eigenvalue weighted by atomic mass is 10.0. The van der Waals surface area contributed by atoms with Crippen molar-refractivity contribution in [1.82, 2.24) is 5.32 Å². The molecule has 1 aliphatic carbocycles. The summed E-state index contributed by atoms with van der Waals surface area (Å²) in [7, 11) is 0. The van der Waals surface area contributed by atoms with E-state index in [4.69, 9.17) is 11.6 Å². The summed E-state index contributed by atoms with van der Waals surface area (Å²) in [6.07, 6.45) is 1.14. The van der Waals surface area contributed by atoms with Crippen molar-refractivity contribution in [2.45, 2.75) is 33.2 Å². The van der Waals surface area contributed by atoms with Gasteiger partial charge in [-0.25, -0.2) is 0 Å². The zero-order valence-corrected chi connectivity index (χ0v) is 15.1. The molecule has 5 heteroatoms. The molecule has 0 aliphatic heterocycles. The van der Waals surface area contributed by atoms with Crippen molar-refractivity contribution in [3.8, 4) is 0 Å². The molecule has 0 bridgehead atoms. The Morgan fingerprint density at radius 3 is 2.36 bits per heavy atom. The predicted octanol–water partition coefficient (Wildman–Crippen LogP) is 3.99. The number of carbonyl (C=O) groups is 2. The zero-order valence-electron chi connectivity index (χ0n) is 14.4. The second-order valence-corrected chi connectivity index (χ2v) is 7.10. The van der Waals surface area contributed by atoms with E-state index in [-0.39, 0.29) is 11.8 Å². The molecule has 1 fully saturated rings. The summed E-state index contributed by atoms with van der Waals surface area (Å²) in [4.78, 5) is 25.2. The largest absolute Gasteiger partial charge is 0.351 e. The molecule has 2 aromatic carbocycles. The highest BCUT2D eigenvalue weighted by atomic mass is 35.5. The second-order valence-electron chi connectivity index (χ2n) is 6.66. The highest BCUT2D eigenvalue weighted by Gasteiger charge is 2.56. The number of carbonyl (C=O) groups excluding carboxylic acids is 2. The van der Waals surface area contributed by atoms with Crippen LogP contribution in [-0.4, -0.2) is 11.8 Å². The zero-order chi connectivity index (χ0) is 18.0. The Hall–Kier alpha value is -2.33. The van der Waals surface area contributed by atoms with Gasteiger partial charge in [0.2, 0.25) is 11.8 Å². The van der Waals surface area contributed by atoms with E-state index in [1.807, 2.05) is 44.2 Å². The number of hydrogen-bond acceptors (Lipinski definition) is 2. The number of halogens is 1. The fourth-order valence-corrected chi connectivity index (χ4v) is 2.88. The Morgan fingerprint density at radius 1 is 1.04 bits per heavy atom. The summed E-state index contributed by atoms with van der Waals surface area (Å²) < 4.78 is 0. The van der Waals surface area contributed by atoms with Crippen molar-refractivity contribution >= 4 is 29.1 Å². The lowest BCUT2D eigenvalue weighted by Gasteiger charge is -2.17. The third-order valence-electron chi connectivity index (χ3n) is 4.64. The van der Waals surface area contributed by atoms with E-state index >= 15 is 0 Å². The van der Waals surface area contributed by atoms with Crippen molar-refractivity contribution in [3.05, 3.63) is 64.2 Å². The van der Waals surface area contributed by atoms with Crippen LogP contribution in [0.1, 0.15) is 29.5 Å². The third-order valence-corrected chi connectivity index (χ3v) is 4.88. The average molecular weight is 357 g/mol. The fourth-order valence-electron chi connectivity index (χ4n) is 2.71. The lowest BCUT2D eigenvalue weighted by Crippen LogP contribution is -2.39. The number of nitrogens with one attached hydrogen (secondary N) is 2. The maximum atomic E-state index is 12.6. The molecular formula is C20H21ClN2O2. The third kappa shape index (κ3) is 3.85. The summed E-state index contributed by atoms with van der Waals surface area (Å²) in [5.41, 5.74) is 2.79. The Kier molecular flexibility index (Phi) is 4.82. The summed E-state index contributed by atoms with van der Waals surface area (Å²) in [5.74, 6) is -0.482. The van der Waals surface area contributed by atoms with E-state index in [9.17, 15) is 9.59 Å². The molecule has 2 aromatic rings. The highest BCUT2D eigenvalue weighted by Crippen LogP contribution is 2.47. The van der Waals surface area contributed by atoms with Gasteiger partial charge in [0.05, 0.1) is 0 Å². The van der Waals surface area contributed by atoms with Gasteiger partial charge < -0.3 is 10.6 Å². The van der Waals surface area contributed by atoms with Crippen LogP contribution in [0.2, 0.25) is 5.02 Å². The van der Waals surface area contributed by atoms with Crippen LogP contribution in [0.5, 0.6) is 0 Å². The smallest absolute Gasteiger partial charge is 0.240 e. The van der Waals surface area contributed by atoms with Gasteiger partial charge in [-0.2, -0.15) is 0 Å². The molecule has 130 valence electrons. The first-order chi connectivity index (χ1) is 11.9. The van der Waals surface area contributed by atoms with Crippen LogP contribution in [0.15, 0.2) is 42.5 Å². The Labute approximate surface area is 152 Å². The van der Waals surface area contributed by atoms with Crippen LogP contribution in [0.25, 0.3) is 0 Å². The van der Waals surface area contributed by atoms with Crippen LogP contribution >= 0.6 is 11.6 Å². The minimum atomic E-state index is -0.959. The molecule has 3 rings (SSSR count). The van der Waals surface area contributed by atoms with Gasteiger partial charge in [-0.1, -0.05) is 47.5 Å². The Balaban J connectivity index is 1.64. The molecule has 0 unspecified atom stereocenters. The summed E-state index contributed by atoms with van der Waals surface area (Å²) >= 11 is 5.99. The van der Waals surface area contributed by atoms with Crippen LogP contribution in [-0.2, 0) is 16.1 Å². The molecule has 0 radical (unpaired) electrons. The maximum absolute atomic E-state index is 12.6. The van der Waals surface area contributed by atoms with Gasteiger partial charge in [0.1, 0.15) is 5.41 Å². The summed E-state index contributed by atoms with van der Waals surface area (Å²) in [5, 5.41) is 6.29. The van der Waals surface area contributed by atoms with Crippen molar-refractivity contribution in [2.24, 2.45) is 5.41 Å². The number of hydrogen-bond donors (Lipinski definition) is 2. The van der Waals surface area contributed by atoms with E-state index < -0.39 is 5.41 Å². The van der Waals surface area contributed by atoms with Crippen molar-refractivity contribution in [1.29, 1.82) is 0 Å². The van der Waals surface area contributed by atoms with Gasteiger partial charge in [-0.3, -0.25) is 9.59 Å². The van der Waals surface area contributed by atoms with E-state index in [1.54, 1.807) is 12.1 Å². The molecule has 0 aromatic heterocycles. The average Bonchev–Trinajstić information content (AvgIpc) is 3.39. The number of rotatable bonds is 5. The SMILES string of the molecule is Cc1ccc(CNC(=O)C2(C(=O)Nc3cc(Cl)ccc3C)CC2)cc1. The maximum Gasteiger partial charge on any atom is 0.240 e. The van der Waals surface area contributed by atoms with Crippen molar-refractivity contribution in [2.75, 3.05) is 5.32 Å². The van der Waals surface area contributed by atoms with Crippen LogP contribution in [0.3, 0.4) is 0 Å². The first-order valence-corrected chi connectivity index (χ1v) is 8.70. The monoisotopic (exact) mass is 356 g/mol. The van der Waals surface area contributed by atoms with Gasteiger partial charge in [0, 0.05) is 17.3 Å². The molecule has 1 saturated carbocycles. The molecule has 0 spiro atoms. The highest BCUT2D eigenvalue weighted by molar-refractivity contribution is 6.31. The van der Waals surface area contributed by atoms with E-state index in [0.29, 0.717) is 30.1 Å². The number of benzene rings is 2. The molecular weight excluding hydrogens is 336 g/mol. The number of aryl methyl sites for hydroxylation is 2. The minimum Gasteiger partial charge on any atom is -0.351 e. The van der Waals surface area contributed by atoms with Gasteiger partial charge >= 0.3 is 0 Å². The van der Waals surface area contributed by atoms with Crippen LogP contribution < -0.4 is 10.6 Å². The van der Waals surface area contributed by atoms with Gasteiger partial charge in [0.25, 0.3) is 0 Å². The van der Waals surface area contributed by atoms with Gasteiger partial charge in [-0.15, -0.1) is 0 Å². The number of anilines is 1. The van der Waals surface area contributed by atoms with Crippen LogP contribution in [0.4, 0.5) is 5.69 Å². The van der Waals surface area contributed by atoms with Crippen molar-refractivity contribution in [3.63, 3.8) is 0 Å². The topological polar surface area (TPSA) is 58.2 Å². The molecule has 4 nitrogen and oxygen atoms in total. The second kappa shape index (κ2) is 6.89. The molecule has 2 amide bonds. The molecule has 0 saturated heterocycles. The molecule has 0 atom stereocenters. The fraction of sp³-hybridized carbons (Fsp3) is 0.300. The lowest BCUT2D eigenvalue weighted by molar-refractivity contribution is -0.134. The Morgan fingerprint density at radius 2 is 1.72 bits per heavy atom. The normalized spacial score (nSPS) is 14.7. The van der Waals surface area contributed by atoms with Crippen LogP contribution in [0, 0.1) is 19.3 Å². The van der Waals surface area contributed by atoms with Gasteiger partial charge in [0.15, 0.2) is 0 Å². The van der Waals surface area contributed by atoms with E-state index in [1.165, 1.54) is 5.56 Å². The number of amides is 2. The van der Waals surface area contributed by atoms with Crippen molar-refractivity contribution < 1.29 is 9.59 Å². The van der Waals surface area contributed by atoms with E-state index in [0.717, 1.165) is 11.1 Å². The first kappa shape index (κ1) is 17.5. The molecule has 2 N–H and O–H groups in total.